The third-order valence-electron chi connectivity index (χ3n) is 1.99. The molecule has 1 aromatic rings. The van der Waals surface area contributed by atoms with Gasteiger partial charge in [0.2, 0.25) is 0 Å². The van der Waals surface area contributed by atoms with Crippen LogP contribution in [-0.2, 0) is 0 Å². The van der Waals surface area contributed by atoms with Crippen LogP contribution in [-0.4, -0.2) is 12.4 Å². The van der Waals surface area contributed by atoms with Crippen molar-refractivity contribution in [3.8, 4) is 5.75 Å². The number of ether oxygens (including phenoxy) is 1. The smallest absolute Gasteiger partial charge is 0.161 e. The van der Waals surface area contributed by atoms with Gasteiger partial charge < -0.3 is 10.5 Å². The molecule has 0 amide bonds. The first-order chi connectivity index (χ1) is 7.00. The van der Waals surface area contributed by atoms with Crippen molar-refractivity contribution in [1.82, 2.24) is 0 Å². The zero-order chi connectivity index (χ0) is 11.4. The highest BCUT2D eigenvalue weighted by molar-refractivity contribution is 5.99. The molecule has 0 saturated carbocycles. The van der Waals surface area contributed by atoms with E-state index in [4.69, 9.17) is 10.5 Å². The fraction of sp³-hybridized carbons (Fsp3) is 0.417. The van der Waals surface area contributed by atoms with Crippen LogP contribution in [0.2, 0.25) is 0 Å². The molecule has 0 fully saturated rings. The largest absolute Gasteiger partial charge is 0.493 e. The second-order valence-electron chi connectivity index (χ2n) is 4.01. The number of nitrogen functional groups attached to an aromatic ring is 1. The van der Waals surface area contributed by atoms with Crippen LogP contribution in [0.5, 0.6) is 5.75 Å². The van der Waals surface area contributed by atoms with Crippen LogP contribution < -0.4 is 10.5 Å². The molecule has 0 saturated heterocycles. The van der Waals surface area contributed by atoms with E-state index in [0.717, 1.165) is 0 Å². The highest BCUT2D eigenvalue weighted by Gasteiger charge is 2.06. The molecule has 1 aromatic carbocycles. The topological polar surface area (TPSA) is 52.3 Å². The predicted molar refractivity (Wildman–Crippen MR) is 61.2 cm³/mol. The number of carbonyl (C=O) groups excluding carboxylic acids is 1. The number of hydrogen-bond donors (Lipinski definition) is 1. The van der Waals surface area contributed by atoms with Gasteiger partial charge in [0, 0.05) is 17.3 Å². The van der Waals surface area contributed by atoms with E-state index in [-0.39, 0.29) is 5.78 Å². The van der Waals surface area contributed by atoms with Gasteiger partial charge in [-0.05, 0) is 25.0 Å². The van der Waals surface area contributed by atoms with Crippen LogP contribution in [0.4, 0.5) is 5.69 Å². The number of carbonyl (C=O) groups is 1. The molecule has 0 aliphatic rings. The Morgan fingerprint density at radius 1 is 1.47 bits per heavy atom. The van der Waals surface area contributed by atoms with Crippen molar-refractivity contribution in [2.24, 2.45) is 5.92 Å². The molecular formula is C12H17NO2. The summed E-state index contributed by atoms with van der Waals surface area (Å²) in [5, 5.41) is 0. The first-order valence-corrected chi connectivity index (χ1v) is 5.04. The van der Waals surface area contributed by atoms with Crippen LogP contribution in [0.1, 0.15) is 31.1 Å². The molecule has 2 N–H and O–H groups in total. The first-order valence-electron chi connectivity index (χ1n) is 5.04. The van der Waals surface area contributed by atoms with Crippen LogP contribution in [0, 0.1) is 5.92 Å². The van der Waals surface area contributed by atoms with Crippen molar-refractivity contribution in [3.63, 3.8) is 0 Å². The first kappa shape index (κ1) is 11.6. The lowest BCUT2D eigenvalue weighted by molar-refractivity contribution is 0.101. The molecule has 0 heterocycles. The fourth-order valence-corrected chi connectivity index (χ4v) is 1.21. The van der Waals surface area contributed by atoms with Crippen molar-refractivity contribution in [2.75, 3.05) is 12.3 Å². The lowest BCUT2D eigenvalue weighted by Gasteiger charge is -2.10. The van der Waals surface area contributed by atoms with Crippen LogP contribution >= 0.6 is 0 Å². The summed E-state index contributed by atoms with van der Waals surface area (Å²) in [5.41, 5.74) is 6.75. The molecular weight excluding hydrogens is 190 g/mol. The van der Waals surface area contributed by atoms with Gasteiger partial charge in [-0.3, -0.25) is 4.79 Å². The summed E-state index contributed by atoms with van der Waals surface area (Å²) < 4.78 is 5.49. The Hall–Kier alpha value is -1.51. The molecule has 3 heteroatoms. The van der Waals surface area contributed by atoms with E-state index in [9.17, 15) is 4.79 Å². The third-order valence-corrected chi connectivity index (χ3v) is 1.99. The second kappa shape index (κ2) is 4.82. The van der Waals surface area contributed by atoms with E-state index >= 15 is 0 Å². The highest BCUT2D eigenvalue weighted by atomic mass is 16.5. The number of rotatable bonds is 4. The third kappa shape index (κ3) is 3.27. The normalized spacial score (nSPS) is 10.4. The van der Waals surface area contributed by atoms with E-state index in [1.165, 1.54) is 6.92 Å². The van der Waals surface area contributed by atoms with E-state index in [1.807, 2.05) is 0 Å². The Morgan fingerprint density at radius 2 is 2.13 bits per heavy atom. The van der Waals surface area contributed by atoms with Crippen LogP contribution in [0.15, 0.2) is 18.2 Å². The van der Waals surface area contributed by atoms with Crippen molar-refractivity contribution >= 4 is 11.5 Å². The molecule has 0 bridgehead atoms. The molecule has 0 spiro atoms. The number of anilines is 1. The minimum Gasteiger partial charge on any atom is -0.493 e. The van der Waals surface area contributed by atoms with Crippen LogP contribution in [0.3, 0.4) is 0 Å². The average Bonchev–Trinajstić information content (AvgIpc) is 2.14. The molecule has 1 rings (SSSR count). The van der Waals surface area contributed by atoms with Gasteiger partial charge in [0.1, 0.15) is 5.75 Å². The number of benzene rings is 1. The molecule has 0 radical (unpaired) electrons. The summed E-state index contributed by atoms with van der Waals surface area (Å²) >= 11 is 0. The Morgan fingerprint density at radius 3 is 2.60 bits per heavy atom. The Labute approximate surface area is 90.2 Å². The molecule has 82 valence electrons. The van der Waals surface area contributed by atoms with Gasteiger partial charge in [0.05, 0.1) is 6.61 Å². The summed E-state index contributed by atoms with van der Waals surface area (Å²) in [5.74, 6) is 1.16. The predicted octanol–water partition coefficient (Wildman–Crippen LogP) is 2.51. The molecule has 0 unspecified atom stereocenters. The number of Topliss-reactive ketones (excluding diaryl/α,β-unsaturated/α-hetero) is 1. The fourth-order valence-electron chi connectivity index (χ4n) is 1.21. The summed E-state index contributed by atoms with van der Waals surface area (Å²) in [6.07, 6.45) is 0. The minimum atomic E-state index is -0.0251. The molecule has 0 aliphatic carbocycles. The number of nitrogens with two attached hydrogens (primary N) is 1. The Kier molecular flexibility index (Phi) is 3.72. The van der Waals surface area contributed by atoms with Crippen LogP contribution in [0.25, 0.3) is 0 Å². The van der Waals surface area contributed by atoms with Gasteiger partial charge in [-0.2, -0.15) is 0 Å². The maximum absolute atomic E-state index is 11.1. The van der Waals surface area contributed by atoms with Gasteiger partial charge in [-0.1, -0.05) is 13.8 Å². The van der Waals surface area contributed by atoms with E-state index in [2.05, 4.69) is 13.8 Å². The van der Waals surface area contributed by atoms with E-state index in [0.29, 0.717) is 29.5 Å². The summed E-state index contributed by atoms with van der Waals surface area (Å²) in [7, 11) is 0. The van der Waals surface area contributed by atoms with Gasteiger partial charge >= 0.3 is 0 Å². The molecule has 0 atom stereocenters. The lowest BCUT2D eigenvalue weighted by atomic mass is 10.1. The van der Waals surface area contributed by atoms with E-state index in [1.54, 1.807) is 18.2 Å². The zero-order valence-electron chi connectivity index (χ0n) is 9.41. The van der Waals surface area contributed by atoms with Crippen molar-refractivity contribution in [1.29, 1.82) is 0 Å². The van der Waals surface area contributed by atoms with Gasteiger partial charge in [-0.15, -0.1) is 0 Å². The average molecular weight is 207 g/mol. The summed E-state index contributed by atoms with van der Waals surface area (Å²) in [6.45, 7) is 6.31. The van der Waals surface area contributed by atoms with Gasteiger partial charge in [0.15, 0.2) is 5.78 Å². The molecule has 3 nitrogen and oxygen atoms in total. The maximum Gasteiger partial charge on any atom is 0.161 e. The van der Waals surface area contributed by atoms with E-state index < -0.39 is 0 Å². The van der Waals surface area contributed by atoms with Gasteiger partial charge in [-0.25, -0.2) is 0 Å². The number of ketones is 1. The summed E-state index contributed by atoms with van der Waals surface area (Å²) in [6, 6.07) is 5.17. The van der Waals surface area contributed by atoms with Crippen molar-refractivity contribution in [2.45, 2.75) is 20.8 Å². The Bertz CT molecular complexity index is 359. The van der Waals surface area contributed by atoms with Crippen molar-refractivity contribution < 1.29 is 9.53 Å². The maximum atomic E-state index is 11.1. The summed E-state index contributed by atoms with van der Waals surface area (Å²) in [4.78, 5) is 11.1. The Balaban J connectivity index is 2.78. The van der Waals surface area contributed by atoms with Crippen molar-refractivity contribution in [3.05, 3.63) is 23.8 Å². The SMILES string of the molecule is CC(=O)c1ccc(OCC(C)C)cc1N. The highest BCUT2D eigenvalue weighted by Crippen LogP contribution is 2.20. The quantitative estimate of drug-likeness (QED) is 0.609. The zero-order valence-corrected chi connectivity index (χ0v) is 9.41. The second-order valence-corrected chi connectivity index (χ2v) is 4.01. The number of hydrogen-bond acceptors (Lipinski definition) is 3. The molecule has 0 aliphatic heterocycles. The monoisotopic (exact) mass is 207 g/mol. The lowest BCUT2D eigenvalue weighted by Crippen LogP contribution is -2.06. The minimum absolute atomic E-state index is 0.0251. The van der Waals surface area contributed by atoms with Gasteiger partial charge in [0.25, 0.3) is 0 Å². The standard InChI is InChI=1S/C12H17NO2/c1-8(2)7-15-10-4-5-11(9(3)14)12(13)6-10/h4-6,8H,7,13H2,1-3H3. The molecule has 15 heavy (non-hydrogen) atoms. The molecule has 0 aromatic heterocycles.